The van der Waals surface area contributed by atoms with E-state index < -0.39 is 0 Å². The van der Waals surface area contributed by atoms with Crippen LogP contribution in [-0.4, -0.2) is 35.4 Å². The lowest BCUT2D eigenvalue weighted by Crippen LogP contribution is -2.84. The van der Waals surface area contributed by atoms with Crippen LogP contribution in [0.1, 0.15) is 79.9 Å². The highest BCUT2D eigenvalue weighted by Crippen LogP contribution is 2.28. The first-order valence-electron chi connectivity index (χ1n) is 10.0. The van der Waals surface area contributed by atoms with Crippen LogP contribution in [0.25, 0.3) is 0 Å². The smallest absolute Gasteiger partial charge is 0.261 e. The minimum Gasteiger partial charge on any atom is -0.396 e. The second kappa shape index (κ2) is 9.11. The number of nitrogens with one attached hydrogen (secondary N) is 2. The summed E-state index contributed by atoms with van der Waals surface area (Å²) in [4.78, 5) is 13.4. The highest BCUT2D eigenvalue weighted by molar-refractivity contribution is 7.17. The van der Waals surface area contributed by atoms with E-state index in [1.165, 1.54) is 43.4 Å². The lowest BCUT2D eigenvalue weighted by atomic mass is 9.86. The number of carbonyl (C=O) groups excluding carboxylic acids is 1. The molecule has 2 fully saturated rings. The minimum atomic E-state index is -0.00626. The van der Waals surface area contributed by atoms with Crippen molar-refractivity contribution in [2.45, 2.75) is 76.8 Å². The molecule has 3 rings (SSSR count). The second-order valence-electron chi connectivity index (χ2n) is 7.95. The molecule has 1 aromatic rings. The quantitative estimate of drug-likeness (QED) is 0.573. The van der Waals surface area contributed by atoms with E-state index in [1.54, 1.807) is 6.92 Å². The van der Waals surface area contributed by atoms with E-state index in [4.69, 9.17) is 5.41 Å². The van der Waals surface area contributed by atoms with Gasteiger partial charge in [-0.2, -0.15) is 0 Å². The van der Waals surface area contributed by atoms with Gasteiger partial charge in [0.2, 0.25) is 0 Å². The van der Waals surface area contributed by atoms with E-state index >= 15 is 0 Å². The van der Waals surface area contributed by atoms with Crippen LogP contribution in [-0.2, 0) is 0 Å². The summed E-state index contributed by atoms with van der Waals surface area (Å²) in [5.74, 6) is 0.391. The molecular formula is C20H32N3O2S+. The van der Waals surface area contributed by atoms with Gasteiger partial charge in [0.1, 0.15) is 0 Å². The lowest BCUT2D eigenvalue weighted by molar-refractivity contribution is -0.610. The maximum absolute atomic E-state index is 12.7. The summed E-state index contributed by atoms with van der Waals surface area (Å²) in [6.07, 6.45) is 10.2. The van der Waals surface area contributed by atoms with E-state index in [9.17, 15) is 9.90 Å². The number of aliphatic hydroxyl groups excluding tert-OH is 1. The SMILES string of the molecule is CC(=N)c1cc(C(=O)NC2CCC(CO)CC2)sc1[NH2+]C1CCCCC1. The molecule has 1 aromatic heterocycles. The van der Waals surface area contributed by atoms with Crippen LogP contribution >= 0.6 is 11.3 Å². The van der Waals surface area contributed by atoms with E-state index in [-0.39, 0.29) is 18.6 Å². The summed E-state index contributed by atoms with van der Waals surface area (Å²) in [7, 11) is 0. The van der Waals surface area contributed by atoms with Gasteiger partial charge in [0.25, 0.3) is 5.91 Å². The number of nitrogens with two attached hydrogens (primary N) is 1. The third-order valence-corrected chi connectivity index (χ3v) is 6.96. The third-order valence-electron chi connectivity index (χ3n) is 5.87. The summed E-state index contributed by atoms with van der Waals surface area (Å²) in [5, 5.41) is 23.9. The topological polar surface area (TPSA) is 89.8 Å². The Morgan fingerprint density at radius 3 is 2.54 bits per heavy atom. The van der Waals surface area contributed by atoms with E-state index in [0.717, 1.165) is 41.1 Å². The van der Waals surface area contributed by atoms with Gasteiger partial charge in [-0.1, -0.05) is 17.8 Å². The molecule has 0 atom stereocenters. The van der Waals surface area contributed by atoms with Crippen LogP contribution in [0.15, 0.2) is 6.07 Å². The highest BCUT2D eigenvalue weighted by Gasteiger charge is 2.26. The molecule has 2 aliphatic carbocycles. The van der Waals surface area contributed by atoms with Crippen molar-refractivity contribution in [2.24, 2.45) is 5.92 Å². The lowest BCUT2D eigenvalue weighted by Gasteiger charge is -2.27. The molecular weight excluding hydrogens is 346 g/mol. The van der Waals surface area contributed by atoms with Gasteiger partial charge in [0.15, 0.2) is 5.00 Å². The summed E-state index contributed by atoms with van der Waals surface area (Å²) in [6.45, 7) is 2.06. The fourth-order valence-electron chi connectivity index (χ4n) is 4.19. The fraction of sp³-hybridized carbons (Fsp3) is 0.700. The van der Waals surface area contributed by atoms with Gasteiger partial charge in [0, 0.05) is 18.4 Å². The third kappa shape index (κ3) is 4.93. The molecule has 0 radical (unpaired) electrons. The average Bonchev–Trinajstić information content (AvgIpc) is 3.07. The standard InChI is InChI=1S/C20H31N3O2S/c1-13(21)17-11-18(26-20(17)23-15-5-3-2-4-6-15)19(25)22-16-9-7-14(12-24)8-10-16/h11,14-16,21,23-24H,2-10,12H2,1H3,(H,22,25)/p+1. The zero-order valence-corrected chi connectivity index (χ0v) is 16.5. The van der Waals surface area contributed by atoms with Gasteiger partial charge < -0.3 is 21.1 Å². The van der Waals surface area contributed by atoms with Gasteiger partial charge in [-0.25, -0.2) is 0 Å². The normalized spacial score (nSPS) is 24.4. The maximum Gasteiger partial charge on any atom is 0.261 e. The Bertz CT molecular complexity index is 629. The van der Waals surface area contributed by atoms with Gasteiger partial charge in [-0.05, 0) is 70.3 Å². The molecule has 144 valence electrons. The molecule has 1 heterocycles. The molecule has 0 spiro atoms. The van der Waals surface area contributed by atoms with Crippen molar-refractivity contribution in [3.05, 3.63) is 16.5 Å². The Morgan fingerprint density at radius 2 is 1.92 bits per heavy atom. The van der Waals surface area contributed by atoms with E-state index in [1.807, 2.05) is 6.07 Å². The fourth-order valence-corrected chi connectivity index (χ4v) is 5.34. The van der Waals surface area contributed by atoms with Crippen LogP contribution < -0.4 is 10.6 Å². The molecule has 26 heavy (non-hydrogen) atoms. The average molecular weight is 379 g/mol. The highest BCUT2D eigenvalue weighted by atomic mass is 32.1. The van der Waals surface area contributed by atoms with Gasteiger partial charge in [-0.15, -0.1) is 0 Å². The largest absolute Gasteiger partial charge is 0.396 e. The molecule has 6 heteroatoms. The zero-order chi connectivity index (χ0) is 18.5. The number of hydrogen-bond donors (Lipinski definition) is 4. The molecule has 5 N–H and O–H groups in total. The van der Waals surface area contributed by atoms with Gasteiger partial charge in [-0.3, -0.25) is 4.79 Å². The van der Waals surface area contributed by atoms with Crippen molar-refractivity contribution in [1.82, 2.24) is 5.32 Å². The van der Waals surface area contributed by atoms with Crippen LogP contribution in [0, 0.1) is 11.3 Å². The van der Waals surface area contributed by atoms with Crippen LogP contribution in [0.2, 0.25) is 0 Å². The molecule has 1 amide bonds. The molecule has 0 aliphatic heterocycles. The maximum atomic E-state index is 12.7. The Hall–Kier alpha value is -1.24. The van der Waals surface area contributed by atoms with Crippen molar-refractivity contribution in [3.8, 4) is 0 Å². The predicted molar refractivity (Wildman–Crippen MR) is 106 cm³/mol. The molecule has 0 aromatic carbocycles. The number of thiophene rings is 1. The van der Waals surface area contributed by atoms with Crippen molar-refractivity contribution in [2.75, 3.05) is 6.61 Å². The van der Waals surface area contributed by atoms with Gasteiger partial charge >= 0.3 is 0 Å². The summed E-state index contributed by atoms with van der Waals surface area (Å²) in [6, 6.07) is 2.70. The van der Waals surface area contributed by atoms with Crippen molar-refractivity contribution < 1.29 is 15.2 Å². The summed E-state index contributed by atoms with van der Waals surface area (Å²) in [5.41, 5.74) is 1.44. The summed E-state index contributed by atoms with van der Waals surface area (Å²) >= 11 is 1.53. The molecule has 2 aliphatic rings. The number of hydrogen-bond acceptors (Lipinski definition) is 4. The van der Waals surface area contributed by atoms with Crippen molar-refractivity contribution in [1.29, 1.82) is 5.41 Å². The number of amides is 1. The Balaban J connectivity index is 1.64. The monoisotopic (exact) mass is 378 g/mol. The molecule has 0 bridgehead atoms. The van der Waals surface area contributed by atoms with E-state index in [2.05, 4.69) is 10.6 Å². The first-order chi connectivity index (χ1) is 12.6. The van der Waals surface area contributed by atoms with Gasteiger partial charge in [0.05, 0.1) is 16.5 Å². The Kier molecular flexibility index (Phi) is 6.84. The van der Waals surface area contributed by atoms with Crippen LogP contribution in [0.4, 0.5) is 5.00 Å². The minimum absolute atomic E-state index is 0.00626. The predicted octanol–water partition coefficient (Wildman–Crippen LogP) is 2.94. The molecule has 5 nitrogen and oxygen atoms in total. The summed E-state index contributed by atoms with van der Waals surface area (Å²) < 4.78 is 0. The number of quaternary nitrogens is 1. The number of carbonyl (C=O) groups is 1. The molecule has 2 saturated carbocycles. The number of rotatable bonds is 6. The Labute approximate surface area is 160 Å². The van der Waals surface area contributed by atoms with Crippen LogP contribution in [0.5, 0.6) is 0 Å². The van der Waals surface area contributed by atoms with Crippen molar-refractivity contribution in [3.63, 3.8) is 0 Å². The van der Waals surface area contributed by atoms with E-state index in [0.29, 0.717) is 17.7 Å². The molecule has 0 unspecified atom stereocenters. The number of aliphatic hydroxyl groups is 1. The van der Waals surface area contributed by atoms with Crippen LogP contribution in [0.3, 0.4) is 0 Å². The van der Waals surface area contributed by atoms with Crippen molar-refractivity contribution >= 4 is 28.0 Å². The zero-order valence-electron chi connectivity index (χ0n) is 15.7. The molecule has 0 saturated heterocycles. The first kappa shape index (κ1) is 19.5. The first-order valence-corrected chi connectivity index (χ1v) is 10.8. The Morgan fingerprint density at radius 1 is 1.23 bits per heavy atom. The second-order valence-corrected chi connectivity index (χ2v) is 9.04.